The Kier molecular flexibility index (Phi) is 4.54. The lowest BCUT2D eigenvalue weighted by molar-refractivity contribution is 0.1000. The van der Waals surface area contributed by atoms with Crippen molar-refractivity contribution in [3.63, 3.8) is 0 Å². The summed E-state index contributed by atoms with van der Waals surface area (Å²) >= 11 is 3.29. The molecular weight excluding hydrogens is 338 g/mol. The van der Waals surface area contributed by atoms with Gasteiger partial charge in [0, 0.05) is 18.0 Å². The van der Waals surface area contributed by atoms with E-state index >= 15 is 0 Å². The molecule has 0 radical (unpaired) electrons. The number of hydrogen-bond acceptors (Lipinski definition) is 4. The van der Waals surface area contributed by atoms with Crippen LogP contribution in [0.2, 0.25) is 0 Å². The van der Waals surface area contributed by atoms with Gasteiger partial charge in [-0.2, -0.15) is 0 Å². The first-order valence-corrected chi connectivity index (χ1v) is 6.71. The molecule has 2 rings (SSSR count). The number of rotatable bonds is 4. The van der Waals surface area contributed by atoms with Crippen molar-refractivity contribution in [3.8, 4) is 5.75 Å². The van der Waals surface area contributed by atoms with E-state index in [-0.39, 0.29) is 11.1 Å². The van der Waals surface area contributed by atoms with Gasteiger partial charge in [0.1, 0.15) is 5.75 Å². The van der Waals surface area contributed by atoms with E-state index in [4.69, 9.17) is 10.5 Å². The molecule has 0 atom stereocenters. The zero-order chi connectivity index (χ0) is 15.4. The number of nitrogens with one attached hydrogen (secondary N) is 1. The molecule has 1 aromatic carbocycles. The van der Waals surface area contributed by atoms with E-state index in [1.807, 2.05) is 0 Å². The van der Waals surface area contributed by atoms with Crippen LogP contribution in [0.5, 0.6) is 5.75 Å². The first-order chi connectivity index (χ1) is 10.0. The number of hydrogen-bond donors (Lipinski definition) is 2. The van der Waals surface area contributed by atoms with Gasteiger partial charge in [0.05, 0.1) is 22.8 Å². The molecule has 0 unspecified atom stereocenters. The minimum Gasteiger partial charge on any atom is -0.496 e. The highest BCUT2D eigenvalue weighted by Gasteiger charge is 2.16. The third kappa shape index (κ3) is 3.38. The van der Waals surface area contributed by atoms with Crippen molar-refractivity contribution >= 4 is 33.4 Å². The van der Waals surface area contributed by atoms with Crippen LogP contribution in [0.3, 0.4) is 0 Å². The maximum absolute atomic E-state index is 12.3. The maximum atomic E-state index is 12.3. The highest BCUT2D eigenvalue weighted by Crippen LogP contribution is 2.24. The lowest BCUT2D eigenvalue weighted by atomic mass is 10.1. The molecule has 0 saturated heterocycles. The number of pyridine rings is 1. The van der Waals surface area contributed by atoms with Gasteiger partial charge < -0.3 is 15.8 Å². The third-order valence-electron chi connectivity index (χ3n) is 2.75. The zero-order valence-electron chi connectivity index (χ0n) is 11.1. The lowest BCUT2D eigenvalue weighted by Crippen LogP contribution is -2.16. The molecule has 108 valence electrons. The Bertz CT molecular complexity index is 704. The fraction of sp³-hybridized carbons (Fsp3) is 0.0714. The Labute approximate surface area is 129 Å². The zero-order valence-corrected chi connectivity index (χ0v) is 12.7. The van der Waals surface area contributed by atoms with Crippen molar-refractivity contribution in [1.82, 2.24) is 4.98 Å². The van der Waals surface area contributed by atoms with Gasteiger partial charge in [-0.25, -0.2) is 0 Å². The van der Waals surface area contributed by atoms with Gasteiger partial charge in [-0.05, 0) is 40.2 Å². The van der Waals surface area contributed by atoms with Crippen molar-refractivity contribution in [1.29, 1.82) is 0 Å². The molecule has 1 aromatic heterocycles. The van der Waals surface area contributed by atoms with Gasteiger partial charge in [-0.15, -0.1) is 0 Å². The number of aromatic nitrogens is 1. The van der Waals surface area contributed by atoms with E-state index in [1.54, 1.807) is 18.5 Å². The number of amides is 2. The third-order valence-corrected chi connectivity index (χ3v) is 3.38. The summed E-state index contributed by atoms with van der Waals surface area (Å²) in [4.78, 5) is 27.5. The normalized spacial score (nSPS) is 10.0. The minimum atomic E-state index is -0.614. The van der Waals surface area contributed by atoms with Crippen molar-refractivity contribution in [2.24, 2.45) is 5.73 Å². The van der Waals surface area contributed by atoms with Crippen molar-refractivity contribution in [2.75, 3.05) is 12.4 Å². The van der Waals surface area contributed by atoms with Crippen molar-refractivity contribution in [3.05, 3.63) is 52.3 Å². The predicted octanol–water partition coefficient (Wildman–Crippen LogP) is 2.20. The van der Waals surface area contributed by atoms with E-state index in [9.17, 15) is 9.59 Å². The standard InChI is InChI=1S/C14H12BrN3O3/c1-21-12-3-2-8(13(16)19)6-9(12)14(20)18-11-4-5-17-7-10(11)15/h2-7H,1H3,(H2,16,19)(H,17,18,20). The molecule has 0 fully saturated rings. The van der Waals surface area contributed by atoms with Crippen LogP contribution in [-0.4, -0.2) is 23.9 Å². The molecule has 0 bridgehead atoms. The Morgan fingerprint density at radius 2 is 2.10 bits per heavy atom. The molecule has 0 aliphatic rings. The summed E-state index contributed by atoms with van der Waals surface area (Å²) in [5.74, 6) is -0.679. The summed E-state index contributed by atoms with van der Waals surface area (Å²) in [6, 6.07) is 6.06. The molecule has 2 aromatic rings. The quantitative estimate of drug-likeness (QED) is 0.884. The van der Waals surface area contributed by atoms with Crippen LogP contribution in [0.1, 0.15) is 20.7 Å². The molecule has 0 aliphatic heterocycles. The van der Waals surface area contributed by atoms with Gasteiger partial charge in [0.15, 0.2) is 0 Å². The molecule has 21 heavy (non-hydrogen) atoms. The first kappa shape index (κ1) is 15.0. The van der Waals surface area contributed by atoms with E-state index in [0.29, 0.717) is 15.9 Å². The maximum Gasteiger partial charge on any atom is 0.259 e. The van der Waals surface area contributed by atoms with Gasteiger partial charge in [0.25, 0.3) is 5.91 Å². The second-order valence-electron chi connectivity index (χ2n) is 4.09. The first-order valence-electron chi connectivity index (χ1n) is 5.91. The monoisotopic (exact) mass is 349 g/mol. The summed E-state index contributed by atoms with van der Waals surface area (Å²) in [5.41, 5.74) is 6.23. The van der Waals surface area contributed by atoms with Crippen LogP contribution in [0, 0.1) is 0 Å². The highest BCUT2D eigenvalue weighted by atomic mass is 79.9. The number of halogens is 1. The number of carbonyl (C=O) groups is 2. The molecule has 6 nitrogen and oxygen atoms in total. The van der Waals surface area contributed by atoms with E-state index < -0.39 is 11.8 Å². The smallest absolute Gasteiger partial charge is 0.259 e. The van der Waals surface area contributed by atoms with E-state index in [1.165, 1.54) is 25.3 Å². The van der Waals surface area contributed by atoms with Gasteiger partial charge in [-0.1, -0.05) is 0 Å². The van der Waals surface area contributed by atoms with Crippen LogP contribution in [0.4, 0.5) is 5.69 Å². The predicted molar refractivity (Wildman–Crippen MR) is 81.4 cm³/mol. The SMILES string of the molecule is COc1ccc(C(N)=O)cc1C(=O)Nc1ccncc1Br. The topological polar surface area (TPSA) is 94.3 Å². The summed E-state index contributed by atoms with van der Waals surface area (Å²) in [6.07, 6.45) is 3.12. The molecule has 1 heterocycles. The largest absolute Gasteiger partial charge is 0.496 e. The Hall–Kier alpha value is -2.41. The number of nitrogens with zero attached hydrogens (tertiary/aromatic N) is 1. The number of ether oxygens (including phenoxy) is 1. The second-order valence-corrected chi connectivity index (χ2v) is 4.94. The van der Waals surface area contributed by atoms with Crippen molar-refractivity contribution in [2.45, 2.75) is 0 Å². The second kappa shape index (κ2) is 6.36. The molecule has 3 N–H and O–H groups in total. The number of carbonyl (C=O) groups excluding carboxylic acids is 2. The van der Waals surface area contributed by atoms with E-state index in [2.05, 4.69) is 26.2 Å². The minimum absolute atomic E-state index is 0.220. The number of primary amides is 1. The van der Waals surface area contributed by atoms with Gasteiger partial charge >= 0.3 is 0 Å². The molecule has 2 amide bonds. The van der Waals surface area contributed by atoms with Gasteiger partial charge in [0.2, 0.25) is 5.91 Å². The van der Waals surface area contributed by atoms with E-state index in [0.717, 1.165) is 0 Å². The summed E-state index contributed by atoms with van der Waals surface area (Å²) in [7, 11) is 1.44. The lowest BCUT2D eigenvalue weighted by Gasteiger charge is -2.11. The van der Waals surface area contributed by atoms with Crippen LogP contribution in [0.25, 0.3) is 0 Å². The number of nitrogens with two attached hydrogens (primary N) is 1. The molecule has 7 heteroatoms. The highest BCUT2D eigenvalue weighted by molar-refractivity contribution is 9.10. The fourth-order valence-electron chi connectivity index (χ4n) is 1.70. The summed E-state index contributed by atoms with van der Waals surface area (Å²) < 4.78 is 5.77. The average Bonchev–Trinajstić information content (AvgIpc) is 2.48. The van der Waals surface area contributed by atoms with Crippen molar-refractivity contribution < 1.29 is 14.3 Å². The molecular formula is C14H12BrN3O3. The number of methoxy groups -OCH3 is 1. The average molecular weight is 350 g/mol. The number of anilines is 1. The Morgan fingerprint density at radius 3 is 2.71 bits per heavy atom. The molecule has 0 saturated carbocycles. The van der Waals surface area contributed by atoms with Crippen LogP contribution in [-0.2, 0) is 0 Å². The molecule has 0 aliphatic carbocycles. The van der Waals surface area contributed by atoms with Gasteiger partial charge in [-0.3, -0.25) is 14.6 Å². The fourth-order valence-corrected chi connectivity index (χ4v) is 2.05. The van der Waals surface area contributed by atoms with Crippen LogP contribution >= 0.6 is 15.9 Å². The van der Waals surface area contributed by atoms with Crippen LogP contribution in [0.15, 0.2) is 41.1 Å². The van der Waals surface area contributed by atoms with Crippen LogP contribution < -0.4 is 15.8 Å². The summed E-state index contributed by atoms with van der Waals surface area (Å²) in [6.45, 7) is 0. The Morgan fingerprint density at radius 1 is 1.33 bits per heavy atom. The number of benzene rings is 1. The molecule has 0 spiro atoms. The Balaban J connectivity index is 2.36. The summed E-state index contributed by atoms with van der Waals surface area (Å²) in [5, 5.41) is 2.71.